The molecule has 0 saturated heterocycles. The SMILES string of the molecule is CCCn1nccc1CNc1ccc(C)c([N+](=O)[O-])c1. The molecular weight excluding hydrogens is 256 g/mol. The van der Waals surface area contributed by atoms with Gasteiger partial charge in [-0.15, -0.1) is 0 Å². The van der Waals surface area contributed by atoms with Crippen molar-refractivity contribution in [2.75, 3.05) is 5.32 Å². The highest BCUT2D eigenvalue weighted by molar-refractivity contribution is 5.54. The smallest absolute Gasteiger partial charge is 0.274 e. The summed E-state index contributed by atoms with van der Waals surface area (Å²) >= 11 is 0. The van der Waals surface area contributed by atoms with E-state index < -0.39 is 0 Å². The molecule has 0 aliphatic carbocycles. The first kappa shape index (κ1) is 14.0. The lowest BCUT2D eigenvalue weighted by atomic mass is 10.2. The molecule has 0 atom stereocenters. The van der Waals surface area contributed by atoms with E-state index in [1.807, 2.05) is 16.8 Å². The lowest BCUT2D eigenvalue weighted by Gasteiger charge is -2.09. The number of aryl methyl sites for hydroxylation is 2. The van der Waals surface area contributed by atoms with E-state index in [0.717, 1.165) is 24.3 Å². The zero-order chi connectivity index (χ0) is 14.5. The van der Waals surface area contributed by atoms with Crippen LogP contribution >= 0.6 is 0 Å². The molecule has 0 spiro atoms. The summed E-state index contributed by atoms with van der Waals surface area (Å²) in [7, 11) is 0. The van der Waals surface area contributed by atoms with Crippen LogP contribution in [0.5, 0.6) is 0 Å². The lowest BCUT2D eigenvalue weighted by molar-refractivity contribution is -0.385. The maximum absolute atomic E-state index is 10.9. The van der Waals surface area contributed by atoms with Crippen LogP contribution in [0, 0.1) is 17.0 Å². The maximum Gasteiger partial charge on any atom is 0.274 e. The van der Waals surface area contributed by atoms with Gasteiger partial charge in [-0.25, -0.2) is 0 Å². The molecule has 0 unspecified atom stereocenters. The van der Waals surface area contributed by atoms with Crippen molar-refractivity contribution in [3.63, 3.8) is 0 Å². The Labute approximate surface area is 117 Å². The molecule has 6 nitrogen and oxygen atoms in total. The number of hydrogen-bond acceptors (Lipinski definition) is 4. The third-order valence-corrected chi connectivity index (χ3v) is 3.12. The molecule has 0 radical (unpaired) electrons. The van der Waals surface area contributed by atoms with Gasteiger partial charge in [-0.1, -0.05) is 13.0 Å². The Hall–Kier alpha value is -2.37. The predicted octanol–water partition coefficient (Wildman–Crippen LogP) is 3.12. The van der Waals surface area contributed by atoms with Crippen molar-refractivity contribution in [3.05, 3.63) is 51.8 Å². The van der Waals surface area contributed by atoms with Crippen molar-refractivity contribution in [2.45, 2.75) is 33.4 Å². The molecule has 0 saturated carbocycles. The summed E-state index contributed by atoms with van der Waals surface area (Å²) in [6.07, 6.45) is 2.79. The molecule has 0 fully saturated rings. The topological polar surface area (TPSA) is 73.0 Å². The van der Waals surface area contributed by atoms with Crippen LogP contribution in [0.3, 0.4) is 0 Å². The van der Waals surface area contributed by atoms with Gasteiger partial charge in [-0.2, -0.15) is 5.10 Å². The van der Waals surface area contributed by atoms with E-state index in [1.54, 1.807) is 25.3 Å². The van der Waals surface area contributed by atoms with Crippen molar-refractivity contribution < 1.29 is 4.92 Å². The number of nitro groups is 1. The Morgan fingerprint density at radius 3 is 2.90 bits per heavy atom. The van der Waals surface area contributed by atoms with Crippen molar-refractivity contribution in [1.29, 1.82) is 0 Å². The van der Waals surface area contributed by atoms with Gasteiger partial charge in [-0.05, 0) is 25.5 Å². The van der Waals surface area contributed by atoms with E-state index in [-0.39, 0.29) is 10.6 Å². The van der Waals surface area contributed by atoms with Gasteiger partial charge < -0.3 is 5.32 Å². The van der Waals surface area contributed by atoms with Crippen LogP contribution < -0.4 is 5.32 Å². The predicted molar refractivity (Wildman–Crippen MR) is 77.7 cm³/mol. The first-order chi connectivity index (χ1) is 9.61. The van der Waals surface area contributed by atoms with Gasteiger partial charge in [0.25, 0.3) is 5.69 Å². The Morgan fingerprint density at radius 2 is 2.20 bits per heavy atom. The number of rotatable bonds is 6. The molecule has 1 N–H and O–H groups in total. The number of anilines is 1. The second-order valence-electron chi connectivity index (χ2n) is 4.66. The average Bonchev–Trinajstić information content (AvgIpc) is 2.85. The first-order valence-corrected chi connectivity index (χ1v) is 6.61. The number of nitrogens with zero attached hydrogens (tertiary/aromatic N) is 3. The van der Waals surface area contributed by atoms with Crippen molar-refractivity contribution in [2.24, 2.45) is 0 Å². The molecule has 0 amide bonds. The van der Waals surface area contributed by atoms with Gasteiger partial charge in [0.05, 0.1) is 17.2 Å². The van der Waals surface area contributed by atoms with Crippen molar-refractivity contribution >= 4 is 11.4 Å². The molecule has 1 heterocycles. The van der Waals surface area contributed by atoms with Gasteiger partial charge in [0.1, 0.15) is 0 Å². The van der Waals surface area contributed by atoms with Gasteiger partial charge in [-0.3, -0.25) is 14.8 Å². The van der Waals surface area contributed by atoms with Crippen LogP contribution in [0.25, 0.3) is 0 Å². The third-order valence-electron chi connectivity index (χ3n) is 3.12. The minimum atomic E-state index is -0.359. The number of aromatic nitrogens is 2. The zero-order valence-corrected chi connectivity index (χ0v) is 11.7. The molecule has 20 heavy (non-hydrogen) atoms. The Kier molecular flexibility index (Phi) is 4.34. The molecule has 1 aromatic carbocycles. The molecule has 1 aromatic heterocycles. The summed E-state index contributed by atoms with van der Waals surface area (Å²) in [5, 5.41) is 18.4. The largest absolute Gasteiger partial charge is 0.379 e. The van der Waals surface area contributed by atoms with Crippen LogP contribution in [0.1, 0.15) is 24.6 Å². The fourth-order valence-electron chi connectivity index (χ4n) is 2.03. The van der Waals surface area contributed by atoms with E-state index in [9.17, 15) is 10.1 Å². The molecule has 2 rings (SSSR count). The minimum absolute atomic E-state index is 0.136. The van der Waals surface area contributed by atoms with Crippen LogP contribution in [0.2, 0.25) is 0 Å². The second-order valence-corrected chi connectivity index (χ2v) is 4.66. The molecule has 6 heteroatoms. The van der Waals surface area contributed by atoms with Crippen LogP contribution in [0.15, 0.2) is 30.5 Å². The normalized spacial score (nSPS) is 10.5. The zero-order valence-electron chi connectivity index (χ0n) is 11.7. The summed E-state index contributed by atoms with van der Waals surface area (Å²) in [6, 6.07) is 7.12. The number of benzene rings is 1. The van der Waals surface area contributed by atoms with Crippen molar-refractivity contribution in [1.82, 2.24) is 9.78 Å². The molecule has 106 valence electrons. The highest BCUT2D eigenvalue weighted by Gasteiger charge is 2.11. The fraction of sp³-hybridized carbons (Fsp3) is 0.357. The lowest BCUT2D eigenvalue weighted by Crippen LogP contribution is -2.09. The molecule has 0 aliphatic heterocycles. The highest BCUT2D eigenvalue weighted by atomic mass is 16.6. The summed E-state index contributed by atoms with van der Waals surface area (Å²) in [5.41, 5.74) is 2.61. The summed E-state index contributed by atoms with van der Waals surface area (Å²) in [6.45, 7) is 5.30. The molecule has 0 aliphatic rings. The quantitative estimate of drug-likeness (QED) is 0.648. The van der Waals surface area contributed by atoms with Gasteiger partial charge in [0.2, 0.25) is 0 Å². The molecule has 0 bridgehead atoms. The number of nitro benzene ring substituents is 1. The van der Waals surface area contributed by atoms with E-state index in [0.29, 0.717) is 12.1 Å². The fourth-order valence-corrected chi connectivity index (χ4v) is 2.03. The van der Waals surface area contributed by atoms with E-state index in [1.165, 1.54) is 0 Å². The summed E-state index contributed by atoms with van der Waals surface area (Å²) in [4.78, 5) is 10.6. The van der Waals surface area contributed by atoms with Crippen LogP contribution in [0.4, 0.5) is 11.4 Å². The number of hydrogen-bond donors (Lipinski definition) is 1. The monoisotopic (exact) mass is 274 g/mol. The van der Waals surface area contributed by atoms with Gasteiger partial charge >= 0.3 is 0 Å². The molecular formula is C14H18N4O2. The average molecular weight is 274 g/mol. The molecule has 2 aromatic rings. The van der Waals surface area contributed by atoms with E-state index >= 15 is 0 Å². The third kappa shape index (κ3) is 3.14. The van der Waals surface area contributed by atoms with Crippen molar-refractivity contribution in [3.8, 4) is 0 Å². The van der Waals surface area contributed by atoms with E-state index in [2.05, 4.69) is 17.3 Å². The summed E-state index contributed by atoms with van der Waals surface area (Å²) in [5.74, 6) is 0. The standard InChI is InChI=1S/C14H18N4O2/c1-3-8-17-13(6-7-16-17)10-15-12-5-4-11(2)14(9-12)18(19)20/h4-7,9,15H,3,8,10H2,1-2H3. The minimum Gasteiger partial charge on any atom is -0.379 e. The maximum atomic E-state index is 10.9. The Morgan fingerprint density at radius 1 is 1.40 bits per heavy atom. The number of nitrogens with one attached hydrogen (secondary N) is 1. The van der Waals surface area contributed by atoms with Gasteiger partial charge in [0, 0.05) is 30.1 Å². The van der Waals surface area contributed by atoms with Crippen LogP contribution in [-0.2, 0) is 13.1 Å². The Balaban J connectivity index is 2.09. The van der Waals surface area contributed by atoms with E-state index in [4.69, 9.17) is 0 Å². The van der Waals surface area contributed by atoms with Gasteiger partial charge in [0.15, 0.2) is 0 Å². The summed E-state index contributed by atoms with van der Waals surface area (Å²) < 4.78 is 1.94. The first-order valence-electron chi connectivity index (χ1n) is 6.61. The Bertz CT molecular complexity index is 607. The second kappa shape index (κ2) is 6.18. The highest BCUT2D eigenvalue weighted by Crippen LogP contribution is 2.22. The van der Waals surface area contributed by atoms with Crippen LogP contribution in [-0.4, -0.2) is 14.7 Å².